The van der Waals surface area contributed by atoms with Gasteiger partial charge in [-0.1, -0.05) is 38.5 Å². The maximum Gasteiger partial charge on any atom is 0.254 e. The van der Waals surface area contributed by atoms with Gasteiger partial charge in [0.15, 0.2) is 6.29 Å². The van der Waals surface area contributed by atoms with Gasteiger partial charge in [0, 0.05) is 33.4 Å². The first-order valence-electron chi connectivity index (χ1n) is 9.96. The van der Waals surface area contributed by atoms with Gasteiger partial charge in [-0.05, 0) is 25.8 Å². The van der Waals surface area contributed by atoms with Crippen LogP contribution in [0.2, 0.25) is 0 Å². The lowest BCUT2D eigenvalue weighted by Gasteiger charge is -2.20. The molecule has 0 saturated heterocycles. The molecule has 0 bridgehead atoms. The Bertz CT molecular complexity index is 528. The van der Waals surface area contributed by atoms with E-state index >= 15 is 0 Å². The molecule has 1 amide bonds. The van der Waals surface area contributed by atoms with Crippen molar-refractivity contribution in [3.63, 3.8) is 0 Å². The normalized spacial score (nSPS) is 11.3. The predicted molar refractivity (Wildman–Crippen MR) is 118 cm³/mol. The second-order valence-electron chi connectivity index (χ2n) is 6.20. The number of benzene rings is 1. The van der Waals surface area contributed by atoms with Gasteiger partial charge in [0.25, 0.3) is 5.91 Å². The molecule has 0 aromatic heterocycles. The van der Waals surface area contributed by atoms with Crippen molar-refractivity contribution in [2.75, 3.05) is 41.0 Å². The molecule has 0 aliphatic carbocycles. The van der Waals surface area contributed by atoms with Gasteiger partial charge in [-0.2, -0.15) is 0 Å². The van der Waals surface area contributed by atoms with Crippen LogP contribution < -0.4 is 0 Å². The first-order valence-corrected chi connectivity index (χ1v) is 9.96. The van der Waals surface area contributed by atoms with Crippen LogP contribution >= 0.6 is 0 Å². The van der Waals surface area contributed by atoms with E-state index in [-0.39, 0.29) is 19.1 Å². The first-order chi connectivity index (χ1) is 14.4. The average Bonchev–Trinajstić information content (AvgIpc) is 2.78. The van der Waals surface area contributed by atoms with Gasteiger partial charge in [-0.15, -0.1) is 0 Å². The molecule has 1 unspecified atom stereocenters. The molecule has 1 aromatic carbocycles. The topological polar surface area (TPSA) is 107 Å². The minimum Gasteiger partial charge on any atom is -0.400 e. The predicted octanol–water partition coefficient (Wildman–Crippen LogP) is 2.72. The second kappa shape index (κ2) is 23.4. The molecule has 1 rings (SSSR count). The monoisotopic (exact) mass is 433 g/mol. The molecule has 0 radical (unpaired) electrons. The minimum absolute atomic E-state index is 0.0489. The average molecular weight is 434 g/mol. The summed E-state index contributed by atoms with van der Waals surface area (Å²) in [6.45, 7) is 5.87. The Morgan fingerprint density at radius 1 is 1.20 bits per heavy atom. The fourth-order valence-electron chi connectivity index (χ4n) is 2.15. The Balaban J connectivity index is -0.000000926. The maximum atomic E-state index is 12.7. The standard InChI is InChI=1S/C17H24FNO4.C3H8.2CH4O/c1-13(18)12-23-15(11-21)7-5-9-19(2)17(22)16-8-4-3-6-14(16)10-20;1-3-2;2*1-2/h3-4,6,8,10,13,15,21H,5,7,9,11-12H2,1-2H3;3H2,1-2H3;2*2H,1H3/t13?,15-;;;/m0.../s1. The van der Waals surface area contributed by atoms with E-state index in [1.807, 2.05) is 0 Å². The summed E-state index contributed by atoms with van der Waals surface area (Å²) in [6.07, 6.45) is 1.54. The van der Waals surface area contributed by atoms with Gasteiger partial charge in [-0.3, -0.25) is 9.59 Å². The summed E-state index contributed by atoms with van der Waals surface area (Å²) in [5.74, 6) is -0.230. The molecule has 7 nitrogen and oxygen atoms in total. The second-order valence-corrected chi connectivity index (χ2v) is 6.20. The van der Waals surface area contributed by atoms with Crippen molar-refractivity contribution in [3.05, 3.63) is 35.4 Å². The van der Waals surface area contributed by atoms with E-state index in [1.54, 1.807) is 31.3 Å². The summed E-state index contributed by atoms with van der Waals surface area (Å²) >= 11 is 0. The zero-order valence-electron chi connectivity index (χ0n) is 19.2. The molecule has 0 aliphatic rings. The lowest BCUT2D eigenvalue weighted by atomic mass is 10.1. The molecular formula is C22H40FNO6. The fraction of sp³-hybridized carbons (Fsp3) is 0.636. The van der Waals surface area contributed by atoms with Crippen LogP contribution in [0, 0.1) is 0 Å². The van der Waals surface area contributed by atoms with Crippen molar-refractivity contribution < 1.29 is 34.0 Å². The van der Waals surface area contributed by atoms with Crippen molar-refractivity contribution >= 4 is 12.2 Å². The molecule has 0 saturated carbocycles. The zero-order valence-corrected chi connectivity index (χ0v) is 19.2. The minimum atomic E-state index is -1.08. The van der Waals surface area contributed by atoms with Crippen LogP contribution in [-0.2, 0) is 4.74 Å². The summed E-state index contributed by atoms with van der Waals surface area (Å²) in [6, 6.07) is 6.63. The molecule has 0 heterocycles. The van der Waals surface area contributed by atoms with Gasteiger partial charge in [0.2, 0.25) is 0 Å². The van der Waals surface area contributed by atoms with Gasteiger partial charge in [0.05, 0.1) is 24.9 Å². The van der Waals surface area contributed by atoms with Crippen LogP contribution in [0.3, 0.4) is 0 Å². The van der Waals surface area contributed by atoms with E-state index in [0.717, 1.165) is 14.2 Å². The molecule has 30 heavy (non-hydrogen) atoms. The third-order valence-electron chi connectivity index (χ3n) is 3.45. The van der Waals surface area contributed by atoms with Gasteiger partial charge in [0.1, 0.15) is 6.17 Å². The Hall–Kier alpha value is -1.87. The van der Waals surface area contributed by atoms with Crippen molar-refractivity contribution in [1.29, 1.82) is 0 Å². The fourth-order valence-corrected chi connectivity index (χ4v) is 2.15. The maximum absolute atomic E-state index is 12.7. The first kappa shape index (κ1) is 32.8. The van der Waals surface area contributed by atoms with Crippen molar-refractivity contribution in [2.45, 2.75) is 52.3 Å². The molecule has 0 spiro atoms. The number of amides is 1. The highest BCUT2D eigenvalue weighted by molar-refractivity contribution is 6.01. The summed E-state index contributed by atoms with van der Waals surface area (Å²) in [7, 11) is 3.66. The molecule has 0 aliphatic heterocycles. The lowest BCUT2D eigenvalue weighted by Crippen LogP contribution is -2.30. The number of nitrogens with zero attached hydrogens (tertiary/aromatic N) is 1. The third-order valence-corrected chi connectivity index (χ3v) is 3.45. The van der Waals surface area contributed by atoms with E-state index < -0.39 is 12.3 Å². The van der Waals surface area contributed by atoms with Crippen LogP contribution in [-0.4, -0.2) is 85.7 Å². The number of alkyl halides is 1. The van der Waals surface area contributed by atoms with E-state index in [9.17, 15) is 19.1 Å². The Kier molecular flexibility index (Phi) is 25.6. The number of halogens is 1. The third kappa shape index (κ3) is 16.0. The highest BCUT2D eigenvalue weighted by Crippen LogP contribution is 2.11. The number of carbonyl (C=O) groups excluding carboxylic acids is 2. The molecular weight excluding hydrogens is 393 g/mol. The Labute approximate surface area is 180 Å². The number of aliphatic hydroxyl groups is 3. The molecule has 2 atom stereocenters. The number of aliphatic hydroxyl groups excluding tert-OH is 3. The van der Waals surface area contributed by atoms with Gasteiger partial charge in [-0.25, -0.2) is 4.39 Å². The van der Waals surface area contributed by atoms with Crippen LogP contribution in [0.4, 0.5) is 4.39 Å². The molecule has 1 aromatic rings. The smallest absolute Gasteiger partial charge is 0.254 e. The summed E-state index contributed by atoms with van der Waals surface area (Å²) in [5.41, 5.74) is 0.726. The highest BCUT2D eigenvalue weighted by Gasteiger charge is 2.16. The molecule has 0 fully saturated rings. The van der Waals surface area contributed by atoms with Crippen LogP contribution in [0.1, 0.15) is 60.7 Å². The molecule has 176 valence electrons. The van der Waals surface area contributed by atoms with Crippen LogP contribution in [0.5, 0.6) is 0 Å². The summed E-state index contributed by atoms with van der Waals surface area (Å²) in [4.78, 5) is 24.8. The number of hydrogen-bond donors (Lipinski definition) is 3. The van der Waals surface area contributed by atoms with Gasteiger partial charge < -0.3 is 25.0 Å². The number of ether oxygens (including phenoxy) is 1. The Morgan fingerprint density at radius 3 is 2.20 bits per heavy atom. The number of hydrogen-bond acceptors (Lipinski definition) is 6. The largest absolute Gasteiger partial charge is 0.400 e. The number of carbonyl (C=O) groups is 2. The van der Waals surface area contributed by atoms with E-state index in [0.29, 0.717) is 36.8 Å². The zero-order chi connectivity index (χ0) is 23.9. The van der Waals surface area contributed by atoms with E-state index in [4.69, 9.17) is 14.9 Å². The lowest BCUT2D eigenvalue weighted by molar-refractivity contribution is -0.0140. The quantitative estimate of drug-likeness (QED) is 0.490. The van der Waals surface area contributed by atoms with Crippen LogP contribution in [0.25, 0.3) is 0 Å². The van der Waals surface area contributed by atoms with Crippen LogP contribution in [0.15, 0.2) is 24.3 Å². The van der Waals surface area contributed by atoms with E-state index in [2.05, 4.69) is 13.8 Å². The van der Waals surface area contributed by atoms with Crippen molar-refractivity contribution in [2.24, 2.45) is 0 Å². The molecule has 8 heteroatoms. The SMILES string of the molecule is CC(F)CO[C@H](CO)CCCN(C)C(=O)c1ccccc1C=O.CCC.CO.CO. The van der Waals surface area contributed by atoms with Crippen molar-refractivity contribution in [3.8, 4) is 0 Å². The Morgan fingerprint density at radius 2 is 1.73 bits per heavy atom. The highest BCUT2D eigenvalue weighted by atomic mass is 19.1. The molecule has 3 N–H and O–H groups in total. The van der Waals surface area contributed by atoms with Gasteiger partial charge >= 0.3 is 0 Å². The summed E-state index contributed by atoms with van der Waals surface area (Å²) in [5, 5.41) is 23.2. The summed E-state index contributed by atoms with van der Waals surface area (Å²) < 4.78 is 18.0. The number of aldehydes is 1. The van der Waals surface area contributed by atoms with E-state index in [1.165, 1.54) is 18.2 Å². The number of rotatable bonds is 10. The van der Waals surface area contributed by atoms with Crippen molar-refractivity contribution in [1.82, 2.24) is 4.90 Å².